The summed E-state index contributed by atoms with van der Waals surface area (Å²) in [5.74, 6) is -0.273. The lowest BCUT2D eigenvalue weighted by molar-refractivity contribution is -0.140. The van der Waals surface area contributed by atoms with E-state index in [9.17, 15) is 9.59 Å². The number of anilines is 2. The molecule has 0 aliphatic carbocycles. The summed E-state index contributed by atoms with van der Waals surface area (Å²) in [6.45, 7) is 0.372. The van der Waals surface area contributed by atoms with Crippen LogP contribution in [0.4, 0.5) is 11.4 Å². The molecule has 0 bridgehead atoms. The first-order valence-electron chi connectivity index (χ1n) is 5.83. The summed E-state index contributed by atoms with van der Waals surface area (Å²) < 4.78 is 4.58. The molecule has 0 unspecified atom stereocenters. The number of hydrogen-bond donors (Lipinski definition) is 1. The highest BCUT2D eigenvalue weighted by atomic mass is 16.5. The maximum absolute atomic E-state index is 11.9. The van der Waals surface area contributed by atoms with E-state index < -0.39 is 0 Å². The van der Waals surface area contributed by atoms with Crippen molar-refractivity contribution in [1.29, 1.82) is 0 Å². The van der Waals surface area contributed by atoms with Crippen LogP contribution in [0.5, 0.6) is 0 Å². The molecule has 0 fully saturated rings. The molecule has 0 radical (unpaired) electrons. The van der Waals surface area contributed by atoms with Gasteiger partial charge in [-0.15, -0.1) is 0 Å². The lowest BCUT2D eigenvalue weighted by atomic mass is 10.1. The fourth-order valence-corrected chi connectivity index (χ4v) is 2.09. The second-order valence-corrected chi connectivity index (χ2v) is 4.14. The molecule has 1 aromatic carbocycles. The highest BCUT2D eigenvalue weighted by Crippen LogP contribution is 2.31. The highest BCUT2D eigenvalue weighted by molar-refractivity contribution is 6.02. The van der Waals surface area contributed by atoms with Gasteiger partial charge in [-0.05, 0) is 23.8 Å². The van der Waals surface area contributed by atoms with E-state index in [0.717, 1.165) is 16.9 Å². The molecule has 5 nitrogen and oxygen atoms in total. The van der Waals surface area contributed by atoms with Gasteiger partial charge >= 0.3 is 5.97 Å². The van der Waals surface area contributed by atoms with Crippen molar-refractivity contribution in [1.82, 2.24) is 0 Å². The first-order valence-corrected chi connectivity index (χ1v) is 5.83. The van der Waals surface area contributed by atoms with Gasteiger partial charge in [-0.1, -0.05) is 0 Å². The van der Waals surface area contributed by atoms with Crippen LogP contribution in [0.2, 0.25) is 0 Å². The molecule has 2 rings (SSSR count). The third kappa shape index (κ3) is 2.30. The zero-order valence-electron chi connectivity index (χ0n) is 10.5. The molecule has 96 valence electrons. The van der Waals surface area contributed by atoms with E-state index in [0.29, 0.717) is 13.0 Å². The molecule has 0 atom stereocenters. The number of carbonyl (C=O) groups is 2. The van der Waals surface area contributed by atoms with Gasteiger partial charge in [0.2, 0.25) is 5.91 Å². The highest BCUT2D eigenvalue weighted by Gasteiger charge is 2.27. The number of nitrogens with one attached hydrogen (secondary N) is 1. The number of benzene rings is 1. The summed E-state index contributed by atoms with van der Waals surface area (Å²) >= 11 is 0. The molecule has 1 amide bonds. The molecule has 1 aliphatic heterocycles. The average molecular weight is 248 g/mol. The van der Waals surface area contributed by atoms with Gasteiger partial charge in [-0.2, -0.15) is 0 Å². The summed E-state index contributed by atoms with van der Waals surface area (Å²) in [4.78, 5) is 24.6. The fraction of sp³-hybridized carbons (Fsp3) is 0.385. The van der Waals surface area contributed by atoms with Gasteiger partial charge in [-0.25, -0.2) is 0 Å². The van der Waals surface area contributed by atoms with Crippen LogP contribution in [0, 0.1) is 0 Å². The number of esters is 1. The van der Waals surface area contributed by atoms with Crippen molar-refractivity contribution in [2.45, 2.75) is 12.8 Å². The lowest BCUT2D eigenvalue weighted by Gasteiger charge is -2.16. The number of methoxy groups -OCH3 is 1. The third-order valence-electron chi connectivity index (χ3n) is 3.07. The van der Waals surface area contributed by atoms with Crippen LogP contribution in [-0.4, -0.2) is 32.6 Å². The molecule has 0 spiro atoms. The number of nitrogens with zero attached hydrogens (tertiary/aromatic N) is 1. The second-order valence-electron chi connectivity index (χ2n) is 4.14. The standard InChI is InChI=1S/C13H16N2O3/c1-14-10-3-4-11-9(7-10)8-12(16)15(11)6-5-13(17)18-2/h3-4,7,14H,5-6,8H2,1-2H3. The van der Waals surface area contributed by atoms with Crippen LogP contribution in [0.1, 0.15) is 12.0 Å². The second kappa shape index (κ2) is 5.08. The van der Waals surface area contributed by atoms with Crippen LogP contribution in [0.3, 0.4) is 0 Å². The smallest absolute Gasteiger partial charge is 0.307 e. The summed E-state index contributed by atoms with van der Waals surface area (Å²) in [7, 11) is 3.19. The largest absolute Gasteiger partial charge is 0.469 e. The van der Waals surface area contributed by atoms with Crippen molar-refractivity contribution in [3.8, 4) is 0 Å². The van der Waals surface area contributed by atoms with E-state index in [4.69, 9.17) is 0 Å². The predicted molar refractivity (Wildman–Crippen MR) is 68.7 cm³/mol. The van der Waals surface area contributed by atoms with Gasteiger partial charge in [0.05, 0.1) is 20.0 Å². The number of carbonyl (C=O) groups excluding carboxylic acids is 2. The topological polar surface area (TPSA) is 58.6 Å². The molecule has 0 saturated heterocycles. The number of fused-ring (bicyclic) bond motifs is 1. The summed E-state index contributed by atoms with van der Waals surface area (Å²) in [6, 6.07) is 5.79. The van der Waals surface area contributed by atoms with E-state index in [1.807, 2.05) is 25.2 Å². The molecule has 1 N–H and O–H groups in total. The van der Waals surface area contributed by atoms with Crippen LogP contribution in [0.15, 0.2) is 18.2 Å². The third-order valence-corrected chi connectivity index (χ3v) is 3.07. The minimum Gasteiger partial charge on any atom is -0.469 e. The minimum atomic E-state index is -0.303. The monoisotopic (exact) mass is 248 g/mol. The van der Waals surface area contributed by atoms with Crippen LogP contribution < -0.4 is 10.2 Å². The van der Waals surface area contributed by atoms with Crippen molar-refractivity contribution >= 4 is 23.3 Å². The predicted octanol–water partition coefficient (Wildman–Crippen LogP) is 1.18. The van der Waals surface area contributed by atoms with E-state index in [1.165, 1.54) is 7.11 Å². The number of hydrogen-bond acceptors (Lipinski definition) is 4. The van der Waals surface area contributed by atoms with Gasteiger partial charge in [0.25, 0.3) is 0 Å². The number of amides is 1. The quantitative estimate of drug-likeness (QED) is 0.813. The maximum atomic E-state index is 11.9. The normalized spacial score (nSPS) is 13.4. The number of ether oxygens (including phenoxy) is 1. The van der Waals surface area contributed by atoms with Crippen molar-refractivity contribution in [3.05, 3.63) is 23.8 Å². The first kappa shape index (κ1) is 12.4. The molecule has 1 aliphatic rings. The Hall–Kier alpha value is -2.04. The lowest BCUT2D eigenvalue weighted by Crippen LogP contribution is -2.29. The average Bonchev–Trinajstić information content (AvgIpc) is 2.70. The van der Waals surface area contributed by atoms with Crippen molar-refractivity contribution in [3.63, 3.8) is 0 Å². The molecule has 1 aromatic rings. The Bertz CT molecular complexity index is 485. The van der Waals surface area contributed by atoms with Crippen molar-refractivity contribution in [2.75, 3.05) is 30.9 Å². The van der Waals surface area contributed by atoms with E-state index in [-0.39, 0.29) is 18.3 Å². The molecule has 0 saturated carbocycles. The zero-order chi connectivity index (χ0) is 13.1. The van der Waals surface area contributed by atoms with Crippen molar-refractivity contribution < 1.29 is 14.3 Å². The number of rotatable bonds is 4. The zero-order valence-corrected chi connectivity index (χ0v) is 10.5. The van der Waals surface area contributed by atoms with Crippen molar-refractivity contribution in [2.24, 2.45) is 0 Å². The van der Waals surface area contributed by atoms with E-state index in [1.54, 1.807) is 4.90 Å². The Balaban J connectivity index is 2.15. The van der Waals surface area contributed by atoms with Gasteiger partial charge in [0.1, 0.15) is 0 Å². The Kier molecular flexibility index (Phi) is 3.50. The van der Waals surface area contributed by atoms with Gasteiger partial charge in [0, 0.05) is 25.0 Å². The molecule has 5 heteroatoms. The fourth-order valence-electron chi connectivity index (χ4n) is 2.09. The van der Waals surface area contributed by atoms with Crippen LogP contribution >= 0.6 is 0 Å². The van der Waals surface area contributed by atoms with E-state index >= 15 is 0 Å². The molecule has 1 heterocycles. The van der Waals surface area contributed by atoms with E-state index in [2.05, 4.69) is 10.1 Å². The SMILES string of the molecule is CNc1ccc2c(c1)CC(=O)N2CCC(=O)OC. The Morgan fingerprint density at radius 2 is 2.28 bits per heavy atom. The first-order chi connectivity index (χ1) is 8.65. The Morgan fingerprint density at radius 3 is 2.94 bits per heavy atom. The summed E-state index contributed by atoms with van der Waals surface area (Å²) in [6.07, 6.45) is 0.613. The summed E-state index contributed by atoms with van der Waals surface area (Å²) in [5.41, 5.74) is 2.87. The maximum Gasteiger partial charge on any atom is 0.307 e. The van der Waals surface area contributed by atoms with Gasteiger partial charge in [0.15, 0.2) is 0 Å². The molecular weight excluding hydrogens is 232 g/mol. The summed E-state index contributed by atoms with van der Waals surface area (Å²) in [5, 5.41) is 3.04. The molecule has 18 heavy (non-hydrogen) atoms. The Labute approximate surface area is 106 Å². The van der Waals surface area contributed by atoms with Crippen LogP contribution in [0.25, 0.3) is 0 Å². The van der Waals surface area contributed by atoms with Crippen LogP contribution in [-0.2, 0) is 20.7 Å². The molecule has 0 aromatic heterocycles. The van der Waals surface area contributed by atoms with Gasteiger partial charge in [-0.3, -0.25) is 9.59 Å². The van der Waals surface area contributed by atoms with Gasteiger partial charge < -0.3 is 15.0 Å². The minimum absolute atomic E-state index is 0.0298. The Morgan fingerprint density at radius 1 is 1.50 bits per heavy atom. The molecular formula is C13H16N2O3.